The zero-order valence-corrected chi connectivity index (χ0v) is 11.3. The average Bonchev–Trinajstić information content (AvgIpc) is 2.98. The van der Waals surface area contributed by atoms with Crippen molar-refractivity contribution in [2.24, 2.45) is 0 Å². The molecule has 1 aromatic carbocycles. The van der Waals surface area contributed by atoms with Crippen LogP contribution in [-0.4, -0.2) is 23.6 Å². The molecule has 0 amide bonds. The standard InChI is InChI=1S/C13H12N4O2S/c18-20(19,17-9-10-7-15-16-8-10)13-5-1-4-12-11(13)3-2-6-14-12/h1-8,17H,9H2,(H,15,16). The second-order valence-corrected chi connectivity index (χ2v) is 5.99. The van der Waals surface area contributed by atoms with Gasteiger partial charge < -0.3 is 0 Å². The highest BCUT2D eigenvalue weighted by Gasteiger charge is 2.17. The number of aromatic amines is 1. The second kappa shape index (κ2) is 5.03. The number of H-pyrrole nitrogens is 1. The van der Waals surface area contributed by atoms with E-state index < -0.39 is 10.0 Å². The quantitative estimate of drug-likeness (QED) is 0.760. The van der Waals surface area contributed by atoms with Crippen LogP contribution in [0.1, 0.15) is 5.56 Å². The molecule has 3 rings (SSSR count). The van der Waals surface area contributed by atoms with Crippen LogP contribution in [0.5, 0.6) is 0 Å². The molecule has 0 aliphatic carbocycles. The number of hydrogen-bond acceptors (Lipinski definition) is 4. The fraction of sp³-hybridized carbons (Fsp3) is 0.0769. The molecule has 2 heterocycles. The number of sulfonamides is 1. The Morgan fingerprint density at radius 3 is 2.90 bits per heavy atom. The number of benzene rings is 1. The van der Waals surface area contributed by atoms with Crippen molar-refractivity contribution in [1.82, 2.24) is 19.9 Å². The maximum atomic E-state index is 12.4. The molecule has 102 valence electrons. The van der Waals surface area contributed by atoms with E-state index in [1.807, 2.05) is 0 Å². The first-order valence-corrected chi connectivity index (χ1v) is 7.46. The van der Waals surface area contributed by atoms with Crippen LogP contribution >= 0.6 is 0 Å². The van der Waals surface area contributed by atoms with Crippen molar-refractivity contribution in [2.75, 3.05) is 0 Å². The van der Waals surface area contributed by atoms with E-state index in [1.54, 1.807) is 48.9 Å². The Labute approximate surface area is 115 Å². The molecule has 2 aromatic heterocycles. The summed E-state index contributed by atoms with van der Waals surface area (Å²) in [6.07, 6.45) is 4.86. The van der Waals surface area contributed by atoms with Gasteiger partial charge in [-0.1, -0.05) is 6.07 Å². The number of pyridine rings is 1. The zero-order valence-electron chi connectivity index (χ0n) is 10.4. The lowest BCUT2D eigenvalue weighted by molar-refractivity contribution is 0.582. The molecule has 0 saturated carbocycles. The molecule has 0 fully saturated rings. The first-order valence-electron chi connectivity index (χ1n) is 5.98. The lowest BCUT2D eigenvalue weighted by Crippen LogP contribution is -2.23. The molecule has 0 bridgehead atoms. The van der Waals surface area contributed by atoms with Gasteiger partial charge in [0.1, 0.15) is 0 Å². The smallest absolute Gasteiger partial charge is 0.241 e. The van der Waals surface area contributed by atoms with Gasteiger partial charge in [0.25, 0.3) is 0 Å². The highest BCUT2D eigenvalue weighted by Crippen LogP contribution is 2.21. The third-order valence-corrected chi connectivity index (χ3v) is 4.38. The van der Waals surface area contributed by atoms with E-state index in [0.717, 1.165) is 5.56 Å². The summed E-state index contributed by atoms with van der Waals surface area (Å²) in [6.45, 7) is 0.190. The molecule has 0 aliphatic heterocycles. The minimum absolute atomic E-state index is 0.190. The van der Waals surface area contributed by atoms with Gasteiger partial charge in [0.05, 0.1) is 16.6 Å². The summed E-state index contributed by atoms with van der Waals surface area (Å²) in [5, 5.41) is 7.02. The third kappa shape index (κ3) is 2.40. The lowest BCUT2D eigenvalue weighted by Gasteiger charge is -2.08. The van der Waals surface area contributed by atoms with E-state index in [2.05, 4.69) is 19.9 Å². The van der Waals surface area contributed by atoms with E-state index in [9.17, 15) is 8.42 Å². The Balaban J connectivity index is 1.97. The first-order chi connectivity index (χ1) is 9.67. The van der Waals surface area contributed by atoms with Gasteiger partial charge in [0.2, 0.25) is 10.0 Å². The largest absolute Gasteiger partial charge is 0.285 e. The molecule has 20 heavy (non-hydrogen) atoms. The summed E-state index contributed by atoms with van der Waals surface area (Å²) in [5.74, 6) is 0. The van der Waals surface area contributed by atoms with Crippen LogP contribution in [0.2, 0.25) is 0 Å². The van der Waals surface area contributed by atoms with Gasteiger partial charge in [-0.15, -0.1) is 0 Å². The van der Waals surface area contributed by atoms with Gasteiger partial charge in [-0.2, -0.15) is 5.10 Å². The summed E-state index contributed by atoms with van der Waals surface area (Å²) in [4.78, 5) is 4.39. The second-order valence-electron chi connectivity index (χ2n) is 4.26. The maximum absolute atomic E-state index is 12.4. The Morgan fingerprint density at radius 2 is 2.10 bits per heavy atom. The normalized spacial score (nSPS) is 11.8. The molecule has 0 aliphatic rings. The lowest BCUT2D eigenvalue weighted by atomic mass is 10.2. The number of nitrogens with zero attached hydrogens (tertiary/aromatic N) is 2. The molecule has 0 saturated heterocycles. The third-order valence-electron chi connectivity index (χ3n) is 2.92. The van der Waals surface area contributed by atoms with Crippen molar-refractivity contribution in [3.8, 4) is 0 Å². The topological polar surface area (TPSA) is 87.7 Å². The van der Waals surface area contributed by atoms with E-state index in [1.165, 1.54) is 0 Å². The van der Waals surface area contributed by atoms with Crippen LogP contribution < -0.4 is 4.72 Å². The van der Waals surface area contributed by atoms with Crippen LogP contribution in [0.4, 0.5) is 0 Å². The molecular weight excluding hydrogens is 276 g/mol. The number of hydrogen-bond donors (Lipinski definition) is 2. The molecule has 0 spiro atoms. The van der Waals surface area contributed by atoms with Crippen LogP contribution in [0, 0.1) is 0 Å². The van der Waals surface area contributed by atoms with E-state index in [-0.39, 0.29) is 11.4 Å². The number of rotatable bonds is 4. The van der Waals surface area contributed by atoms with Crippen molar-refractivity contribution in [3.63, 3.8) is 0 Å². The van der Waals surface area contributed by atoms with Crippen molar-refractivity contribution >= 4 is 20.9 Å². The van der Waals surface area contributed by atoms with Crippen molar-refractivity contribution in [2.45, 2.75) is 11.4 Å². The van der Waals surface area contributed by atoms with E-state index in [0.29, 0.717) is 10.9 Å². The van der Waals surface area contributed by atoms with Crippen LogP contribution in [0.15, 0.2) is 53.8 Å². The average molecular weight is 288 g/mol. The fourth-order valence-electron chi connectivity index (χ4n) is 1.94. The monoisotopic (exact) mass is 288 g/mol. The predicted molar refractivity (Wildman–Crippen MR) is 74.4 cm³/mol. The Kier molecular flexibility index (Phi) is 3.21. The van der Waals surface area contributed by atoms with Gasteiger partial charge in [0, 0.05) is 29.9 Å². The van der Waals surface area contributed by atoms with Crippen LogP contribution in [0.25, 0.3) is 10.9 Å². The van der Waals surface area contributed by atoms with Gasteiger partial charge in [-0.25, -0.2) is 13.1 Å². The Morgan fingerprint density at radius 1 is 1.20 bits per heavy atom. The minimum Gasteiger partial charge on any atom is -0.285 e. The van der Waals surface area contributed by atoms with Crippen molar-refractivity contribution in [3.05, 3.63) is 54.5 Å². The maximum Gasteiger partial charge on any atom is 0.241 e. The molecule has 6 nitrogen and oxygen atoms in total. The van der Waals surface area contributed by atoms with E-state index in [4.69, 9.17) is 0 Å². The highest BCUT2D eigenvalue weighted by atomic mass is 32.2. The molecule has 3 aromatic rings. The molecule has 0 unspecified atom stereocenters. The van der Waals surface area contributed by atoms with Crippen LogP contribution in [0.3, 0.4) is 0 Å². The summed E-state index contributed by atoms with van der Waals surface area (Å²) >= 11 is 0. The summed E-state index contributed by atoms with van der Waals surface area (Å²) in [5.41, 5.74) is 1.42. The molecular formula is C13H12N4O2S. The van der Waals surface area contributed by atoms with Crippen molar-refractivity contribution < 1.29 is 8.42 Å². The highest BCUT2D eigenvalue weighted by molar-refractivity contribution is 7.89. The number of aromatic nitrogens is 3. The van der Waals surface area contributed by atoms with Gasteiger partial charge in [-0.05, 0) is 24.3 Å². The zero-order chi connectivity index (χ0) is 14.0. The molecule has 0 atom stereocenters. The van der Waals surface area contributed by atoms with Gasteiger partial charge in [-0.3, -0.25) is 10.1 Å². The van der Waals surface area contributed by atoms with Gasteiger partial charge in [0.15, 0.2) is 0 Å². The van der Waals surface area contributed by atoms with Crippen molar-refractivity contribution in [1.29, 1.82) is 0 Å². The van der Waals surface area contributed by atoms with Crippen LogP contribution in [-0.2, 0) is 16.6 Å². The summed E-state index contributed by atoms with van der Waals surface area (Å²) < 4.78 is 27.3. The number of fused-ring (bicyclic) bond motifs is 1. The predicted octanol–water partition coefficient (Wildman–Crippen LogP) is 1.44. The Bertz CT molecular complexity index is 823. The summed E-state index contributed by atoms with van der Waals surface area (Å²) in [7, 11) is -3.59. The summed E-state index contributed by atoms with van der Waals surface area (Å²) in [6, 6.07) is 8.50. The SMILES string of the molecule is O=S(=O)(NCc1cn[nH]c1)c1cccc2ncccc12. The molecule has 2 N–H and O–H groups in total. The first kappa shape index (κ1) is 12.8. The van der Waals surface area contributed by atoms with Gasteiger partial charge >= 0.3 is 0 Å². The fourth-order valence-corrected chi connectivity index (χ4v) is 3.17. The molecule has 7 heteroatoms. The molecule has 0 radical (unpaired) electrons. The minimum atomic E-state index is -3.59. The number of nitrogens with one attached hydrogen (secondary N) is 2. The Hall–Kier alpha value is -2.25. The van der Waals surface area contributed by atoms with E-state index >= 15 is 0 Å².